The second-order valence-electron chi connectivity index (χ2n) is 3.71. The Hall–Kier alpha value is -1.44. The van der Waals surface area contributed by atoms with Crippen LogP contribution in [0, 0.1) is 17.1 Å². The molecule has 0 atom stereocenters. The number of nitrogens with zero attached hydrogens (tertiary/aromatic N) is 1. The highest BCUT2D eigenvalue weighted by molar-refractivity contribution is 8.00. The third-order valence-corrected chi connectivity index (χ3v) is 4.51. The van der Waals surface area contributed by atoms with Crippen molar-refractivity contribution in [2.45, 2.75) is 21.6 Å². The Morgan fingerprint density at radius 2 is 1.74 bits per heavy atom. The first kappa shape index (κ1) is 14.0. The van der Waals surface area contributed by atoms with Gasteiger partial charge in [0, 0.05) is 14.7 Å². The molecule has 1 nitrogen and oxygen atoms in total. The average molecular weight is 289 g/mol. The Morgan fingerprint density at radius 3 is 2.42 bits per heavy atom. The van der Waals surface area contributed by atoms with Crippen LogP contribution in [-0.2, 0) is 0 Å². The summed E-state index contributed by atoms with van der Waals surface area (Å²) in [6, 6.07) is 14.5. The molecule has 0 bridgehead atoms. The van der Waals surface area contributed by atoms with Crippen molar-refractivity contribution in [1.82, 2.24) is 0 Å². The minimum Gasteiger partial charge on any atom is -0.206 e. The molecule has 4 heteroatoms. The highest BCUT2D eigenvalue weighted by atomic mass is 32.2. The van der Waals surface area contributed by atoms with Crippen molar-refractivity contribution in [2.75, 3.05) is 5.75 Å². The van der Waals surface area contributed by atoms with Gasteiger partial charge in [-0.05, 0) is 30.0 Å². The van der Waals surface area contributed by atoms with Crippen molar-refractivity contribution in [3.63, 3.8) is 0 Å². The largest absolute Gasteiger partial charge is 0.206 e. The number of thioether (sulfide) groups is 1. The van der Waals surface area contributed by atoms with Crippen molar-refractivity contribution >= 4 is 23.5 Å². The summed E-state index contributed by atoms with van der Waals surface area (Å²) in [5.41, 5.74) is 0.627. The number of nitriles is 1. The van der Waals surface area contributed by atoms with Crippen LogP contribution in [0.5, 0.6) is 0 Å². The smallest absolute Gasteiger partial charge is 0.137 e. The van der Waals surface area contributed by atoms with Crippen LogP contribution in [0.2, 0.25) is 0 Å². The molecule has 2 aromatic rings. The third kappa shape index (κ3) is 3.31. The Bertz CT molecular complexity index is 620. The first-order valence-electron chi connectivity index (χ1n) is 5.84. The molecule has 19 heavy (non-hydrogen) atoms. The Balaban J connectivity index is 2.38. The molecule has 0 aromatic heterocycles. The van der Waals surface area contributed by atoms with E-state index < -0.39 is 0 Å². The zero-order valence-electron chi connectivity index (χ0n) is 10.4. The van der Waals surface area contributed by atoms with Crippen LogP contribution in [0.15, 0.2) is 57.2 Å². The fourth-order valence-electron chi connectivity index (χ4n) is 1.63. The predicted octanol–water partition coefficient (Wildman–Crippen LogP) is 4.96. The number of hydrogen-bond acceptors (Lipinski definition) is 3. The molecule has 96 valence electrons. The molecule has 0 unspecified atom stereocenters. The summed E-state index contributed by atoms with van der Waals surface area (Å²) in [5, 5.41) is 9.30. The molecule has 0 aliphatic heterocycles. The van der Waals surface area contributed by atoms with Crippen LogP contribution >= 0.6 is 23.5 Å². The van der Waals surface area contributed by atoms with Gasteiger partial charge in [-0.25, -0.2) is 4.39 Å². The quantitative estimate of drug-likeness (QED) is 0.743. The van der Waals surface area contributed by atoms with Crippen LogP contribution in [0.3, 0.4) is 0 Å². The maximum atomic E-state index is 13.7. The molecule has 0 N–H and O–H groups in total. The van der Waals surface area contributed by atoms with E-state index in [4.69, 9.17) is 0 Å². The van der Waals surface area contributed by atoms with E-state index in [0.717, 1.165) is 15.5 Å². The minimum atomic E-state index is -0.259. The van der Waals surface area contributed by atoms with E-state index in [1.807, 2.05) is 25.1 Å². The summed E-state index contributed by atoms with van der Waals surface area (Å²) in [5.74, 6) is 0.646. The van der Waals surface area contributed by atoms with Gasteiger partial charge in [0.15, 0.2) is 0 Å². The van der Waals surface area contributed by atoms with Crippen molar-refractivity contribution in [3.05, 3.63) is 53.8 Å². The number of hydrogen-bond donors (Lipinski definition) is 0. The molecular weight excluding hydrogens is 277 g/mol. The fourth-order valence-corrected chi connectivity index (χ4v) is 3.43. The van der Waals surface area contributed by atoms with Gasteiger partial charge in [-0.2, -0.15) is 5.26 Å². The molecule has 0 aliphatic rings. The lowest BCUT2D eigenvalue weighted by Gasteiger charge is -2.08. The SMILES string of the molecule is CCSc1cccc(Sc2ccccc2F)c1C#N. The molecular formula is C15H12FNS2. The van der Waals surface area contributed by atoms with Crippen LogP contribution < -0.4 is 0 Å². The van der Waals surface area contributed by atoms with Gasteiger partial charge in [-0.1, -0.05) is 36.9 Å². The van der Waals surface area contributed by atoms with Gasteiger partial charge in [0.25, 0.3) is 0 Å². The molecule has 2 aromatic carbocycles. The molecule has 0 heterocycles. The highest BCUT2D eigenvalue weighted by Crippen LogP contribution is 2.35. The van der Waals surface area contributed by atoms with Gasteiger partial charge in [0.2, 0.25) is 0 Å². The lowest BCUT2D eigenvalue weighted by molar-refractivity contribution is 0.602. The molecule has 0 radical (unpaired) electrons. The number of rotatable bonds is 4. The van der Waals surface area contributed by atoms with E-state index in [0.29, 0.717) is 10.5 Å². The van der Waals surface area contributed by atoms with Crippen molar-refractivity contribution in [2.24, 2.45) is 0 Å². The first-order chi connectivity index (χ1) is 9.26. The van der Waals surface area contributed by atoms with Gasteiger partial charge >= 0.3 is 0 Å². The second kappa shape index (κ2) is 6.65. The van der Waals surface area contributed by atoms with E-state index in [-0.39, 0.29) is 5.82 Å². The zero-order chi connectivity index (χ0) is 13.7. The molecule has 0 spiro atoms. The average Bonchev–Trinajstić information content (AvgIpc) is 2.42. The van der Waals surface area contributed by atoms with Crippen molar-refractivity contribution in [1.29, 1.82) is 5.26 Å². The van der Waals surface area contributed by atoms with E-state index in [2.05, 4.69) is 6.07 Å². The van der Waals surface area contributed by atoms with Gasteiger partial charge in [0.05, 0.1) is 5.56 Å². The molecule has 0 amide bonds. The Kier molecular flexibility index (Phi) is 4.89. The van der Waals surface area contributed by atoms with Crippen LogP contribution in [-0.4, -0.2) is 5.75 Å². The lowest BCUT2D eigenvalue weighted by atomic mass is 10.2. The topological polar surface area (TPSA) is 23.8 Å². The minimum absolute atomic E-state index is 0.259. The van der Waals surface area contributed by atoms with Crippen molar-refractivity contribution < 1.29 is 4.39 Å². The summed E-state index contributed by atoms with van der Waals surface area (Å²) in [4.78, 5) is 2.29. The van der Waals surface area contributed by atoms with Crippen LogP contribution in [0.25, 0.3) is 0 Å². The summed E-state index contributed by atoms with van der Waals surface area (Å²) < 4.78 is 13.7. The summed E-state index contributed by atoms with van der Waals surface area (Å²) in [6.07, 6.45) is 0. The fraction of sp³-hybridized carbons (Fsp3) is 0.133. The second-order valence-corrected chi connectivity index (χ2v) is 6.10. The Labute approximate surface area is 120 Å². The van der Waals surface area contributed by atoms with E-state index in [9.17, 15) is 9.65 Å². The van der Waals surface area contributed by atoms with E-state index in [1.54, 1.807) is 30.0 Å². The van der Waals surface area contributed by atoms with Gasteiger partial charge in [-0.3, -0.25) is 0 Å². The van der Waals surface area contributed by atoms with E-state index in [1.165, 1.54) is 17.8 Å². The zero-order valence-corrected chi connectivity index (χ0v) is 12.0. The molecule has 0 fully saturated rings. The highest BCUT2D eigenvalue weighted by Gasteiger charge is 2.11. The lowest BCUT2D eigenvalue weighted by Crippen LogP contribution is -1.87. The summed E-state index contributed by atoms with van der Waals surface area (Å²) >= 11 is 2.92. The van der Waals surface area contributed by atoms with Crippen LogP contribution in [0.1, 0.15) is 12.5 Å². The first-order valence-corrected chi connectivity index (χ1v) is 7.64. The summed E-state index contributed by atoms with van der Waals surface area (Å²) in [6.45, 7) is 2.04. The maximum absolute atomic E-state index is 13.7. The number of benzene rings is 2. The normalized spacial score (nSPS) is 10.2. The molecule has 0 saturated heterocycles. The van der Waals surface area contributed by atoms with E-state index >= 15 is 0 Å². The maximum Gasteiger partial charge on any atom is 0.137 e. The number of halogens is 1. The van der Waals surface area contributed by atoms with Crippen molar-refractivity contribution in [3.8, 4) is 6.07 Å². The standard InChI is InChI=1S/C15H12FNS2/c1-2-18-13-8-5-9-14(11(13)10-17)19-15-7-4-3-6-12(15)16/h3-9H,2H2,1H3. The van der Waals surface area contributed by atoms with Crippen LogP contribution in [0.4, 0.5) is 4.39 Å². The predicted molar refractivity (Wildman–Crippen MR) is 78.1 cm³/mol. The van der Waals surface area contributed by atoms with Gasteiger partial charge < -0.3 is 0 Å². The molecule has 0 saturated carbocycles. The third-order valence-electron chi connectivity index (χ3n) is 2.46. The summed E-state index contributed by atoms with van der Waals surface area (Å²) in [7, 11) is 0. The Morgan fingerprint density at radius 1 is 1.05 bits per heavy atom. The van der Waals surface area contributed by atoms with Gasteiger partial charge in [0.1, 0.15) is 11.9 Å². The monoisotopic (exact) mass is 289 g/mol. The molecule has 0 aliphatic carbocycles. The molecule has 2 rings (SSSR count). The van der Waals surface area contributed by atoms with Gasteiger partial charge in [-0.15, -0.1) is 11.8 Å².